The maximum absolute atomic E-state index is 12.9. The standard InChI is InChI=1S/C19H18FN3O2/c1-11-8-15-16(9-12(11)2)23-19(25-3)17(22-15)18(24)21-10-13-4-6-14(20)7-5-13/h4-9H,10H2,1-3H3,(H,21,24). The van der Waals surface area contributed by atoms with Crippen LogP contribution in [-0.2, 0) is 6.54 Å². The van der Waals surface area contributed by atoms with Gasteiger partial charge in [0.1, 0.15) is 5.82 Å². The fraction of sp³-hybridized carbons (Fsp3) is 0.211. The lowest BCUT2D eigenvalue weighted by molar-refractivity contribution is 0.0942. The summed E-state index contributed by atoms with van der Waals surface area (Å²) < 4.78 is 18.2. The predicted octanol–water partition coefficient (Wildman–Crippen LogP) is 3.32. The second-order valence-electron chi connectivity index (χ2n) is 5.82. The predicted molar refractivity (Wildman–Crippen MR) is 93.1 cm³/mol. The Morgan fingerprint density at radius 3 is 2.28 bits per heavy atom. The van der Waals surface area contributed by atoms with Gasteiger partial charge in [-0.05, 0) is 54.8 Å². The highest BCUT2D eigenvalue weighted by atomic mass is 19.1. The van der Waals surface area contributed by atoms with Gasteiger partial charge in [0.15, 0.2) is 5.69 Å². The van der Waals surface area contributed by atoms with Crippen LogP contribution in [-0.4, -0.2) is 23.0 Å². The average Bonchev–Trinajstić information content (AvgIpc) is 2.61. The molecule has 2 aromatic carbocycles. The summed E-state index contributed by atoms with van der Waals surface area (Å²) in [7, 11) is 1.45. The molecular weight excluding hydrogens is 321 g/mol. The van der Waals surface area contributed by atoms with E-state index in [1.54, 1.807) is 12.1 Å². The van der Waals surface area contributed by atoms with Crippen LogP contribution in [0.2, 0.25) is 0 Å². The highest BCUT2D eigenvalue weighted by Crippen LogP contribution is 2.22. The van der Waals surface area contributed by atoms with E-state index in [-0.39, 0.29) is 23.9 Å². The minimum atomic E-state index is -0.395. The Hall–Kier alpha value is -3.02. The summed E-state index contributed by atoms with van der Waals surface area (Å²) in [5.74, 6) is -0.538. The highest BCUT2D eigenvalue weighted by molar-refractivity contribution is 5.96. The van der Waals surface area contributed by atoms with Crippen LogP contribution >= 0.6 is 0 Å². The van der Waals surface area contributed by atoms with E-state index in [4.69, 9.17) is 4.74 Å². The lowest BCUT2D eigenvalue weighted by Gasteiger charge is -2.10. The molecule has 0 saturated heterocycles. The monoisotopic (exact) mass is 339 g/mol. The Kier molecular flexibility index (Phi) is 4.61. The number of fused-ring (bicyclic) bond motifs is 1. The third-order valence-electron chi connectivity index (χ3n) is 4.02. The molecule has 1 N–H and O–H groups in total. The largest absolute Gasteiger partial charge is 0.479 e. The summed E-state index contributed by atoms with van der Waals surface area (Å²) >= 11 is 0. The molecule has 0 bridgehead atoms. The quantitative estimate of drug-likeness (QED) is 0.792. The zero-order valence-corrected chi connectivity index (χ0v) is 14.3. The second kappa shape index (κ2) is 6.84. The number of rotatable bonds is 4. The van der Waals surface area contributed by atoms with Gasteiger partial charge in [0.2, 0.25) is 5.88 Å². The van der Waals surface area contributed by atoms with Gasteiger partial charge < -0.3 is 10.1 Å². The smallest absolute Gasteiger partial charge is 0.275 e. The molecule has 6 heteroatoms. The van der Waals surface area contributed by atoms with E-state index < -0.39 is 5.91 Å². The Labute approximate surface area is 144 Å². The number of nitrogens with zero attached hydrogens (tertiary/aromatic N) is 2. The van der Waals surface area contributed by atoms with Crippen molar-refractivity contribution in [3.63, 3.8) is 0 Å². The lowest BCUT2D eigenvalue weighted by atomic mass is 10.1. The number of benzene rings is 2. The maximum Gasteiger partial charge on any atom is 0.275 e. The highest BCUT2D eigenvalue weighted by Gasteiger charge is 2.17. The van der Waals surface area contributed by atoms with Crippen LogP contribution in [0.3, 0.4) is 0 Å². The van der Waals surface area contributed by atoms with Gasteiger partial charge in [-0.2, -0.15) is 0 Å². The van der Waals surface area contributed by atoms with E-state index >= 15 is 0 Å². The van der Waals surface area contributed by atoms with Gasteiger partial charge in [0.05, 0.1) is 18.1 Å². The zero-order chi connectivity index (χ0) is 18.0. The first kappa shape index (κ1) is 16.8. The van der Waals surface area contributed by atoms with Crippen LogP contribution < -0.4 is 10.1 Å². The number of hydrogen-bond donors (Lipinski definition) is 1. The lowest BCUT2D eigenvalue weighted by Crippen LogP contribution is -2.25. The summed E-state index contributed by atoms with van der Waals surface area (Å²) in [5, 5.41) is 2.76. The van der Waals surface area contributed by atoms with Gasteiger partial charge in [-0.1, -0.05) is 12.1 Å². The molecule has 25 heavy (non-hydrogen) atoms. The molecule has 5 nitrogen and oxygen atoms in total. The zero-order valence-electron chi connectivity index (χ0n) is 14.3. The van der Waals surface area contributed by atoms with Crippen molar-refractivity contribution >= 4 is 16.9 Å². The number of carbonyl (C=O) groups is 1. The molecule has 0 aliphatic rings. The van der Waals surface area contributed by atoms with Crippen molar-refractivity contribution in [3.8, 4) is 5.88 Å². The van der Waals surface area contributed by atoms with Crippen molar-refractivity contribution < 1.29 is 13.9 Å². The number of methoxy groups -OCH3 is 1. The van der Waals surface area contributed by atoms with Crippen molar-refractivity contribution in [2.45, 2.75) is 20.4 Å². The van der Waals surface area contributed by atoms with E-state index in [1.165, 1.54) is 19.2 Å². The Morgan fingerprint density at radius 1 is 1.08 bits per heavy atom. The van der Waals surface area contributed by atoms with Crippen molar-refractivity contribution in [2.24, 2.45) is 0 Å². The van der Waals surface area contributed by atoms with E-state index in [2.05, 4.69) is 15.3 Å². The van der Waals surface area contributed by atoms with Crippen LogP contribution in [0.4, 0.5) is 4.39 Å². The minimum Gasteiger partial charge on any atom is -0.479 e. The van der Waals surface area contributed by atoms with Crippen LogP contribution in [0.25, 0.3) is 11.0 Å². The first-order valence-electron chi connectivity index (χ1n) is 7.83. The Balaban J connectivity index is 1.89. The SMILES string of the molecule is COc1nc2cc(C)c(C)cc2nc1C(=O)NCc1ccc(F)cc1. The number of nitrogens with one attached hydrogen (secondary N) is 1. The number of aryl methyl sites for hydroxylation is 2. The van der Waals surface area contributed by atoms with Gasteiger partial charge in [-0.3, -0.25) is 4.79 Å². The summed E-state index contributed by atoms with van der Waals surface area (Å²) in [5.41, 5.74) is 4.39. The van der Waals surface area contributed by atoms with Crippen molar-refractivity contribution in [2.75, 3.05) is 7.11 Å². The summed E-state index contributed by atoms with van der Waals surface area (Å²) in [6.07, 6.45) is 0. The number of halogens is 1. The summed E-state index contributed by atoms with van der Waals surface area (Å²) in [6.45, 7) is 4.23. The van der Waals surface area contributed by atoms with Gasteiger partial charge in [-0.15, -0.1) is 0 Å². The molecular formula is C19H18FN3O2. The minimum absolute atomic E-state index is 0.125. The average molecular weight is 339 g/mol. The maximum atomic E-state index is 12.9. The molecule has 0 fully saturated rings. The number of ether oxygens (including phenoxy) is 1. The number of amides is 1. The first-order valence-corrected chi connectivity index (χ1v) is 7.83. The summed E-state index contributed by atoms with van der Waals surface area (Å²) in [4.78, 5) is 21.3. The van der Waals surface area contributed by atoms with E-state index in [0.29, 0.717) is 11.0 Å². The molecule has 0 saturated carbocycles. The Bertz CT molecular complexity index is 940. The molecule has 3 rings (SSSR count). The molecule has 128 valence electrons. The number of carbonyl (C=O) groups excluding carboxylic acids is 1. The van der Waals surface area contributed by atoms with Gasteiger partial charge >= 0.3 is 0 Å². The molecule has 1 heterocycles. The molecule has 1 amide bonds. The molecule has 0 unspecified atom stereocenters. The molecule has 0 atom stereocenters. The number of aromatic nitrogens is 2. The van der Waals surface area contributed by atoms with Gasteiger partial charge in [0, 0.05) is 6.54 Å². The topological polar surface area (TPSA) is 64.1 Å². The molecule has 0 aliphatic heterocycles. The van der Waals surface area contributed by atoms with Crippen molar-refractivity contribution in [1.29, 1.82) is 0 Å². The van der Waals surface area contributed by atoms with Gasteiger partial charge in [0.25, 0.3) is 5.91 Å². The molecule has 0 spiro atoms. The second-order valence-corrected chi connectivity index (χ2v) is 5.82. The fourth-order valence-electron chi connectivity index (χ4n) is 2.45. The fourth-order valence-corrected chi connectivity index (χ4v) is 2.45. The first-order chi connectivity index (χ1) is 12.0. The van der Waals surface area contributed by atoms with E-state index in [0.717, 1.165) is 16.7 Å². The van der Waals surface area contributed by atoms with E-state index in [9.17, 15) is 9.18 Å². The summed E-state index contributed by atoms with van der Waals surface area (Å²) in [6, 6.07) is 9.75. The van der Waals surface area contributed by atoms with Crippen LogP contribution in [0.15, 0.2) is 36.4 Å². The normalized spacial score (nSPS) is 10.7. The van der Waals surface area contributed by atoms with Gasteiger partial charge in [-0.25, -0.2) is 14.4 Å². The molecule has 3 aromatic rings. The van der Waals surface area contributed by atoms with Crippen molar-refractivity contribution in [3.05, 3.63) is 64.6 Å². The third-order valence-corrected chi connectivity index (χ3v) is 4.02. The molecule has 0 aliphatic carbocycles. The van der Waals surface area contributed by atoms with E-state index in [1.807, 2.05) is 26.0 Å². The third kappa shape index (κ3) is 3.57. The molecule has 1 aromatic heterocycles. The number of hydrogen-bond acceptors (Lipinski definition) is 4. The van der Waals surface area contributed by atoms with Crippen LogP contribution in [0.1, 0.15) is 27.2 Å². The van der Waals surface area contributed by atoms with Crippen LogP contribution in [0, 0.1) is 19.7 Å². The Morgan fingerprint density at radius 2 is 1.68 bits per heavy atom. The van der Waals surface area contributed by atoms with Crippen LogP contribution in [0.5, 0.6) is 5.88 Å². The molecule has 0 radical (unpaired) electrons. The van der Waals surface area contributed by atoms with Crippen molar-refractivity contribution in [1.82, 2.24) is 15.3 Å².